The van der Waals surface area contributed by atoms with Crippen molar-refractivity contribution in [1.29, 1.82) is 0 Å². The first-order valence-electron chi connectivity index (χ1n) is 7.44. The third-order valence-electron chi connectivity index (χ3n) is 3.30. The van der Waals surface area contributed by atoms with Crippen LogP contribution in [0.2, 0.25) is 0 Å². The lowest BCUT2D eigenvalue weighted by Gasteiger charge is -2.20. The predicted molar refractivity (Wildman–Crippen MR) is 83.5 cm³/mol. The van der Waals surface area contributed by atoms with Gasteiger partial charge in [-0.1, -0.05) is 12.1 Å². The average Bonchev–Trinajstić information content (AvgIpc) is 2.82. The van der Waals surface area contributed by atoms with Crippen LogP contribution < -0.4 is 15.4 Å². The van der Waals surface area contributed by atoms with Gasteiger partial charge < -0.3 is 20.3 Å². The Balaban J connectivity index is 1.79. The molecule has 1 aliphatic heterocycles. The molecule has 116 valence electrons. The molecule has 1 fully saturated rings. The lowest BCUT2D eigenvalue weighted by molar-refractivity contribution is 0.202. The first kappa shape index (κ1) is 15.6. The summed E-state index contributed by atoms with van der Waals surface area (Å²) in [6.07, 6.45) is 0. The Morgan fingerprint density at radius 1 is 1.38 bits per heavy atom. The highest BCUT2D eigenvalue weighted by Crippen LogP contribution is 2.14. The van der Waals surface area contributed by atoms with Gasteiger partial charge in [-0.3, -0.25) is 0 Å². The molecule has 5 heteroatoms. The summed E-state index contributed by atoms with van der Waals surface area (Å²) in [5.74, 6) is 0.850. The molecule has 0 atom stereocenters. The SMILES string of the molecule is CC(C)(C)NCc1cccc(OCCN2CCNC2=O)c1. The highest BCUT2D eigenvalue weighted by atomic mass is 16.5. The van der Waals surface area contributed by atoms with Gasteiger partial charge in [0.15, 0.2) is 0 Å². The quantitative estimate of drug-likeness (QED) is 0.842. The molecule has 0 radical (unpaired) electrons. The molecule has 2 rings (SSSR count). The van der Waals surface area contributed by atoms with E-state index in [2.05, 4.69) is 37.5 Å². The van der Waals surface area contributed by atoms with Crippen LogP contribution in [0.1, 0.15) is 26.3 Å². The summed E-state index contributed by atoms with van der Waals surface area (Å²) in [4.78, 5) is 13.2. The molecule has 2 amide bonds. The van der Waals surface area contributed by atoms with Crippen molar-refractivity contribution in [2.24, 2.45) is 0 Å². The number of rotatable bonds is 6. The van der Waals surface area contributed by atoms with Crippen LogP contribution in [0.25, 0.3) is 0 Å². The molecule has 0 unspecified atom stereocenters. The van der Waals surface area contributed by atoms with Gasteiger partial charge in [-0.25, -0.2) is 4.79 Å². The van der Waals surface area contributed by atoms with Crippen LogP contribution >= 0.6 is 0 Å². The Morgan fingerprint density at radius 2 is 2.19 bits per heavy atom. The highest BCUT2D eigenvalue weighted by Gasteiger charge is 2.18. The molecule has 1 aromatic carbocycles. The lowest BCUT2D eigenvalue weighted by atomic mass is 10.1. The topological polar surface area (TPSA) is 53.6 Å². The monoisotopic (exact) mass is 291 g/mol. The van der Waals surface area contributed by atoms with Gasteiger partial charge in [0.25, 0.3) is 0 Å². The average molecular weight is 291 g/mol. The molecule has 0 aromatic heterocycles. The largest absolute Gasteiger partial charge is 0.492 e. The van der Waals surface area contributed by atoms with Crippen molar-refractivity contribution in [2.75, 3.05) is 26.2 Å². The molecular weight excluding hydrogens is 266 g/mol. The van der Waals surface area contributed by atoms with Gasteiger partial charge in [-0.05, 0) is 38.5 Å². The van der Waals surface area contributed by atoms with Gasteiger partial charge in [0.1, 0.15) is 12.4 Å². The van der Waals surface area contributed by atoms with Gasteiger partial charge in [-0.2, -0.15) is 0 Å². The molecule has 0 bridgehead atoms. The first-order chi connectivity index (χ1) is 9.94. The van der Waals surface area contributed by atoms with E-state index in [4.69, 9.17) is 4.74 Å². The Hall–Kier alpha value is -1.75. The Kier molecular flexibility index (Phi) is 5.07. The van der Waals surface area contributed by atoms with Crippen LogP contribution in [0.5, 0.6) is 5.75 Å². The number of hydrogen-bond donors (Lipinski definition) is 2. The van der Waals surface area contributed by atoms with E-state index in [1.165, 1.54) is 5.56 Å². The van der Waals surface area contributed by atoms with E-state index >= 15 is 0 Å². The minimum Gasteiger partial charge on any atom is -0.492 e. The van der Waals surface area contributed by atoms with E-state index in [9.17, 15) is 4.79 Å². The van der Waals surface area contributed by atoms with E-state index in [1.807, 2.05) is 18.2 Å². The number of carbonyl (C=O) groups is 1. The van der Waals surface area contributed by atoms with E-state index in [0.29, 0.717) is 13.2 Å². The Labute approximate surface area is 126 Å². The summed E-state index contributed by atoms with van der Waals surface area (Å²) in [6, 6.07) is 8.08. The smallest absolute Gasteiger partial charge is 0.317 e. The number of benzene rings is 1. The predicted octanol–water partition coefficient (Wildman–Crippen LogP) is 1.98. The number of nitrogens with zero attached hydrogens (tertiary/aromatic N) is 1. The van der Waals surface area contributed by atoms with Crippen molar-refractivity contribution in [3.63, 3.8) is 0 Å². The number of hydrogen-bond acceptors (Lipinski definition) is 3. The summed E-state index contributed by atoms with van der Waals surface area (Å²) in [5, 5.41) is 6.24. The first-order valence-corrected chi connectivity index (χ1v) is 7.44. The van der Waals surface area contributed by atoms with Gasteiger partial charge in [0.05, 0.1) is 6.54 Å². The molecule has 5 nitrogen and oxygen atoms in total. The Morgan fingerprint density at radius 3 is 2.86 bits per heavy atom. The maximum atomic E-state index is 11.4. The van der Waals surface area contributed by atoms with Crippen molar-refractivity contribution in [2.45, 2.75) is 32.9 Å². The molecule has 2 N–H and O–H groups in total. The molecule has 1 aliphatic rings. The molecule has 21 heavy (non-hydrogen) atoms. The lowest BCUT2D eigenvalue weighted by Crippen LogP contribution is -2.35. The van der Waals surface area contributed by atoms with Gasteiger partial charge in [-0.15, -0.1) is 0 Å². The van der Waals surface area contributed by atoms with E-state index < -0.39 is 0 Å². The van der Waals surface area contributed by atoms with Crippen LogP contribution in [0.4, 0.5) is 4.79 Å². The molecule has 0 saturated carbocycles. The van der Waals surface area contributed by atoms with E-state index in [1.54, 1.807) is 4.90 Å². The fourth-order valence-corrected chi connectivity index (χ4v) is 2.11. The van der Waals surface area contributed by atoms with Crippen molar-refractivity contribution >= 4 is 6.03 Å². The van der Waals surface area contributed by atoms with Crippen LogP contribution in [0.15, 0.2) is 24.3 Å². The number of carbonyl (C=O) groups excluding carboxylic acids is 1. The second-order valence-electron chi connectivity index (χ2n) is 6.32. The van der Waals surface area contributed by atoms with Gasteiger partial charge in [0, 0.05) is 25.2 Å². The highest BCUT2D eigenvalue weighted by molar-refractivity contribution is 5.76. The van der Waals surface area contributed by atoms with Crippen LogP contribution in [-0.4, -0.2) is 42.7 Å². The van der Waals surface area contributed by atoms with Crippen molar-refractivity contribution in [3.8, 4) is 5.75 Å². The van der Waals surface area contributed by atoms with Crippen molar-refractivity contribution in [1.82, 2.24) is 15.5 Å². The zero-order chi connectivity index (χ0) is 15.3. The number of urea groups is 1. The van der Waals surface area contributed by atoms with Crippen LogP contribution in [0.3, 0.4) is 0 Å². The second kappa shape index (κ2) is 6.80. The fraction of sp³-hybridized carbons (Fsp3) is 0.562. The molecule has 1 heterocycles. The number of amides is 2. The molecule has 1 saturated heterocycles. The van der Waals surface area contributed by atoms with E-state index in [-0.39, 0.29) is 11.6 Å². The second-order valence-corrected chi connectivity index (χ2v) is 6.32. The third kappa shape index (κ3) is 5.27. The Bertz CT molecular complexity index is 483. The van der Waals surface area contributed by atoms with Crippen molar-refractivity contribution in [3.05, 3.63) is 29.8 Å². The van der Waals surface area contributed by atoms with Gasteiger partial charge >= 0.3 is 6.03 Å². The standard InChI is InChI=1S/C16H25N3O2/c1-16(2,3)18-12-13-5-4-6-14(11-13)21-10-9-19-8-7-17-15(19)20/h4-6,11,18H,7-10,12H2,1-3H3,(H,17,20). The normalized spacial score (nSPS) is 15.2. The molecule has 0 aliphatic carbocycles. The molecule has 0 spiro atoms. The zero-order valence-corrected chi connectivity index (χ0v) is 13.1. The summed E-state index contributed by atoms with van der Waals surface area (Å²) >= 11 is 0. The van der Waals surface area contributed by atoms with Gasteiger partial charge in [0.2, 0.25) is 0 Å². The van der Waals surface area contributed by atoms with Crippen LogP contribution in [-0.2, 0) is 6.54 Å². The zero-order valence-electron chi connectivity index (χ0n) is 13.1. The number of nitrogens with one attached hydrogen (secondary N) is 2. The fourth-order valence-electron chi connectivity index (χ4n) is 2.11. The summed E-state index contributed by atoms with van der Waals surface area (Å²) < 4.78 is 5.74. The van der Waals surface area contributed by atoms with Crippen molar-refractivity contribution < 1.29 is 9.53 Å². The van der Waals surface area contributed by atoms with Crippen LogP contribution in [0, 0.1) is 0 Å². The van der Waals surface area contributed by atoms with E-state index in [0.717, 1.165) is 25.4 Å². The third-order valence-corrected chi connectivity index (χ3v) is 3.30. The minimum absolute atomic E-state index is 0.00160. The summed E-state index contributed by atoms with van der Waals surface area (Å²) in [6.45, 7) is 9.89. The maximum absolute atomic E-state index is 11.4. The minimum atomic E-state index is 0.00160. The summed E-state index contributed by atoms with van der Waals surface area (Å²) in [7, 11) is 0. The maximum Gasteiger partial charge on any atom is 0.317 e. The molecular formula is C16H25N3O2. The number of ether oxygens (including phenoxy) is 1. The summed E-state index contributed by atoms with van der Waals surface area (Å²) in [5.41, 5.74) is 1.29. The molecule has 1 aromatic rings.